The van der Waals surface area contributed by atoms with Crippen molar-refractivity contribution in [3.63, 3.8) is 0 Å². The highest BCUT2D eigenvalue weighted by atomic mass is 32.1. The molecule has 0 radical (unpaired) electrons. The molecule has 3 aromatic rings. The second-order valence-corrected chi connectivity index (χ2v) is 7.62. The van der Waals surface area contributed by atoms with Crippen LogP contribution in [-0.4, -0.2) is 42.1 Å². The van der Waals surface area contributed by atoms with E-state index in [9.17, 15) is 14.4 Å². The molecular formula is C20H19N3O6S. The van der Waals surface area contributed by atoms with Crippen LogP contribution in [0.3, 0.4) is 0 Å². The molecule has 0 spiro atoms. The van der Waals surface area contributed by atoms with E-state index >= 15 is 0 Å². The van der Waals surface area contributed by atoms with Crippen LogP contribution in [0.4, 0.5) is 9.93 Å². The number of carbonyl (C=O) groups excluding carboxylic acids is 2. The van der Waals surface area contributed by atoms with Gasteiger partial charge in [0.05, 0.1) is 26.0 Å². The Labute approximate surface area is 175 Å². The molecule has 0 saturated carbocycles. The van der Waals surface area contributed by atoms with Gasteiger partial charge in [0.1, 0.15) is 5.56 Å². The smallest absolute Gasteiger partial charge is 0.413 e. The monoisotopic (exact) mass is 429 g/mol. The minimum absolute atomic E-state index is 0.0337. The first-order chi connectivity index (χ1) is 14.5. The zero-order valence-electron chi connectivity index (χ0n) is 16.4. The molecule has 1 aliphatic rings. The minimum Gasteiger partial charge on any atom is -0.493 e. The molecule has 1 aromatic carbocycles. The van der Waals surface area contributed by atoms with Crippen LogP contribution in [0.2, 0.25) is 0 Å². The predicted octanol–water partition coefficient (Wildman–Crippen LogP) is 3.03. The van der Waals surface area contributed by atoms with Gasteiger partial charge in [0.25, 0.3) is 5.91 Å². The van der Waals surface area contributed by atoms with Crippen LogP contribution in [0.15, 0.2) is 33.5 Å². The highest BCUT2D eigenvalue weighted by Gasteiger charge is 2.27. The lowest BCUT2D eigenvalue weighted by molar-refractivity contribution is 0.0732. The molecule has 10 heteroatoms. The van der Waals surface area contributed by atoms with Gasteiger partial charge in [-0.1, -0.05) is 23.5 Å². The Morgan fingerprint density at radius 2 is 2.20 bits per heavy atom. The van der Waals surface area contributed by atoms with Crippen molar-refractivity contribution in [3.05, 3.63) is 50.8 Å². The maximum atomic E-state index is 13.0. The van der Waals surface area contributed by atoms with Gasteiger partial charge in [0, 0.05) is 23.2 Å². The SMILES string of the molecule is CCOC(=O)Nc1nc2c(s1)CN(C(=O)c1cc3cccc(OC)c3oc1=O)CC2. The molecule has 0 atom stereocenters. The number of para-hydroxylation sites is 1. The molecule has 0 saturated heterocycles. The molecule has 0 fully saturated rings. The van der Waals surface area contributed by atoms with Crippen molar-refractivity contribution in [3.8, 4) is 5.75 Å². The number of ether oxygens (including phenoxy) is 2. The third-order valence-electron chi connectivity index (χ3n) is 4.68. The molecule has 0 aliphatic carbocycles. The summed E-state index contributed by atoms with van der Waals surface area (Å²) in [6, 6.07) is 6.73. The standard InChI is InChI=1S/C20H19N3O6S/c1-3-28-20(26)22-19-21-13-7-8-23(10-15(13)30-19)17(24)12-9-11-5-4-6-14(27-2)16(11)29-18(12)25/h4-6,9H,3,7-8,10H2,1-2H3,(H,21,22,26). The molecule has 2 aromatic heterocycles. The number of aromatic nitrogens is 1. The summed E-state index contributed by atoms with van der Waals surface area (Å²) in [6.07, 6.45) is -0.0461. The fraction of sp³-hybridized carbons (Fsp3) is 0.300. The van der Waals surface area contributed by atoms with Crippen molar-refractivity contribution < 1.29 is 23.5 Å². The number of hydrogen-bond donors (Lipinski definition) is 1. The Bertz CT molecular complexity index is 1180. The maximum absolute atomic E-state index is 13.0. The Hall–Kier alpha value is -3.40. The second-order valence-electron chi connectivity index (χ2n) is 6.54. The number of carbonyl (C=O) groups is 2. The number of rotatable bonds is 4. The zero-order valence-corrected chi connectivity index (χ0v) is 17.2. The second kappa shape index (κ2) is 8.15. The minimum atomic E-state index is -0.711. The van der Waals surface area contributed by atoms with Crippen LogP contribution in [-0.2, 0) is 17.7 Å². The molecule has 30 heavy (non-hydrogen) atoms. The van der Waals surface area contributed by atoms with Crippen LogP contribution in [0.5, 0.6) is 5.75 Å². The first-order valence-electron chi connectivity index (χ1n) is 9.32. The van der Waals surface area contributed by atoms with Crippen LogP contribution < -0.4 is 15.7 Å². The third-order valence-corrected chi connectivity index (χ3v) is 5.67. The number of nitrogens with zero attached hydrogens (tertiary/aromatic N) is 2. The Morgan fingerprint density at radius 3 is 2.97 bits per heavy atom. The van der Waals surface area contributed by atoms with E-state index in [1.165, 1.54) is 24.5 Å². The average Bonchev–Trinajstić information content (AvgIpc) is 3.13. The summed E-state index contributed by atoms with van der Waals surface area (Å²) >= 11 is 1.28. The number of hydrogen-bond acceptors (Lipinski definition) is 8. The quantitative estimate of drug-likeness (QED) is 0.635. The summed E-state index contributed by atoms with van der Waals surface area (Å²) in [5.41, 5.74) is 0.385. The summed E-state index contributed by atoms with van der Waals surface area (Å²) in [5, 5.41) is 3.61. The van der Waals surface area contributed by atoms with E-state index in [1.807, 2.05) is 0 Å². The molecule has 9 nitrogen and oxygen atoms in total. The maximum Gasteiger partial charge on any atom is 0.413 e. The summed E-state index contributed by atoms with van der Waals surface area (Å²) in [4.78, 5) is 43.9. The lowest BCUT2D eigenvalue weighted by Gasteiger charge is -2.25. The Morgan fingerprint density at radius 1 is 1.37 bits per heavy atom. The molecule has 3 heterocycles. The topological polar surface area (TPSA) is 111 Å². The van der Waals surface area contributed by atoms with Crippen LogP contribution in [0, 0.1) is 0 Å². The third kappa shape index (κ3) is 3.73. The highest BCUT2D eigenvalue weighted by molar-refractivity contribution is 7.15. The first kappa shape index (κ1) is 19.9. The molecule has 2 amide bonds. The average molecular weight is 429 g/mol. The number of amides is 2. The Balaban J connectivity index is 1.57. The van der Waals surface area contributed by atoms with Crippen molar-refractivity contribution >= 4 is 39.4 Å². The molecule has 156 valence electrons. The van der Waals surface area contributed by atoms with Crippen molar-refractivity contribution in [2.45, 2.75) is 19.9 Å². The fourth-order valence-corrected chi connectivity index (χ4v) is 4.28. The van der Waals surface area contributed by atoms with E-state index in [1.54, 1.807) is 30.0 Å². The van der Waals surface area contributed by atoms with E-state index in [-0.39, 0.29) is 12.2 Å². The van der Waals surface area contributed by atoms with E-state index < -0.39 is 17.6 Å². The Kier molecular flexibility index (Phi) is 5.40. The first-order valence-corrected chi connectivity index (χ1v) is 10.1. The van der Waals surface area contributed by atoms with E-state index in [4.69, 9.17) is 13.9 Å². The van der Waals surface area contributed by atoms with Gasteiger partial charge in [-0.3, -0.25) is 10.1 Å². The van der Waals surface area contributed by atoms with Crippen molar-refractivity contribution in [1.29, 1.82) is 0 Å². The van der Waals surface area contributed by atoms with Crippen molar-refractivity contribution in [1.82, 2.24) is 9.88 Å². The van der Waals surface area contributed by atoms with E-state index in [2.05, 4.69) is 10.3 Å². The lowest BCUT2D eigenvalue weighted by atomic mass is 10.1. The number of methoxy groups -OCH3 is 1. The van der Waals surface area contributed by atoms with Crippen LogP contribution >= 0.6 is 11.3 Å². The van der Waals surface area contributed by atoms with Crippen LogP contribution in [0.1, 0.15) is 27.9 Å². The normalized spacial score (nSPS) is 13.1. The molecule has 0 bridgehead atoms. The summed E-state index contributed by atoms with van der Waals surface area (Å²) in [5.74, 6) is 0.0184. The van der Waals surface area contributed by atoms with Gasteiger partial charge in [-0.25, -0.2) is 14.6 Å². The van der Waals surface area contributed by atoms with Gasteiger partial charge in [0.15, 0.2) is 16.5 Å². The number of thiazole rings is 1. The van der Waals surface area contributed by atoms with Crippen molar-refractivity contribution in [2.24, 2.45) is 0 Å². The van der Waals surface area contributed by atoms with Gasteiger partial charge in [0.2, 0.25) is 0 Å². The van der Waals surface area contributed by atoms with Crippen LogP contribution in [0.25, 0.3) is 11.0 Å². The predicted molar refractivity (Wildman–Crippen MR) is 110 cm³/mol. The van der Waals surface area contributed by atoms with Gasteiger partial charge in [-0.2, -0.15) is 0 Å². The molecule has 4 rings (SSSR count). The summed E-state index contributed by atoms with van der Waals surface area (Å²) in [7, 11) is 1.49. The fourth-order valence-electron chi connectivity index (χ4n) is 3.27. The number of nitrogens with one attached hydrogen (secondary N) is 1. The van der Waals surface area contributed by atoms with E-state index in [0.29, 0.717) is 41.4 Å². The van der Waals surface area contributed by atoms with Gasteiger partial charge >= 0.3 is 11.7 Å². The van der Waals surface area contributed by atoms with Gasteiger partial charge in [-0.15, -0.1) is 0 Å². The largest absolute Gasteiger partial charge is 0.493 e. The summed E-state index contributed by atoms with van der Waals surface area (Å²) < 4.78 is 15.4. The molecule has 1 N–H and O–H groups in total. The van der Waals surface area contributed by atoms with Crippen molar-refractivity contribution in [2.75, 3.05) is 25.6 Å². The number of anilines is 1. The molecule has 1 aliphatic heterocycles. The summed E-state index contributed by atoms with van der Waals surface area (Å²) in [6.45, 7) is 2.69. The van der Waals surface area contributed by atoms with E-state index in [0.717, 1.165) is 10.6 Å². The lowest BCUT2D eigenvalue weighted by Crippen LogP contribution is -2.37. The molecule has 0 unspecified atom stereocenters. The van der Waals surface area contributed by atoms with Gasteiger partial charge < -0.3 is 18.8 Å². The number of benzene rings is 1. The molecular weight excluding hydrogens is 410 g/mol. The highest BCUT2D eigenvalue weighted by Crippen LogP contribution is 2.30. The zero-order chi connectivity index (χ0) is 21.3. The number of fused-ring (bicyclic) bond motifs is 2. The van der Waals surface area contributed by atoms with Gasteiger partial charge in [-0.05, 0) is 19.1 Å².